The third kappa shape index (κ3) is 21.6. The Hall–Kier alpha value is -1.10. The molecule has 0 N–H and O–H groups in total. The number of rotatable bonds is 6. The van der Waals surface area contributed by atoms with Crippen molar-refractivity contribution in [1.29, 1.82) is 0 Å². The fraction of sp³-hybridized carbons (Fsp3) is 0.818. The summed E-state index contributed by atoms with van der Waals surface area (Å²) in [6.07, 6.45) is 0.187. The van der Waals surface area contributed by atoms with E-state index in [1.807, 2.05) is 125 Å². The van der Waals surface area contributed by atoms with Crippen molar-refractivity contribution in [3.8, 4) is 0 Å². The van der Waals surface area contributed by atoms with E-state index in [9.17, 15) is 28.8 Å². The Balaban J connectivity index is -0.000000240. The van der Waals surface area contributed by atoms with Gasteiger partial charge in [0.05, 0.1) is 19.3 Å². The largest absolute Gasteiger partial charge is 0.299 e. The molecule has 0 saturated carbocycles. The van der Waals surface area contributed by atoms with Crippen LogP contribution in [-0.2, 0) is 55.0 Å². The maximum Gasteiger partial charge on any atom is 0.145 e. The Kier molecular flexibility index (Phi) is 18.9. The number of carbonyl (C=O) groups is 6. The van der Waals surface area contributed by atoms with E-state index in [-0.39, 0.29) is 80.2 Å². The average Bonchev–Trinajstić information content (AvgIpc) is 2.64. The summed E-state index contributed by atoms with van der Waals surface area (Å²) in [6, 6.07) is 0. The molecular weight excluding hydrogens is 584 g/mol. The van der Waals surface area contributed by atoms with Crippen LogP contribution in [0.15, 0.2) is 0 Å². The molecule has 0 rings (SSSR count). The van der Waals surface area contributed by atoms with Crippen LogP contribution >= 0.6 is 0 Å². The van der Waals surface area contributed by atoms with Gasteiger partial charge in [-0.3, -0.25) is 28.8 Å². The fourth-order valence-electron chi connectivity index (χ4n) is 2.03. The van der Waals surface area contributed by atoms with Crippen LogP contribution in [0.2, 0.25) is 0 Å². The van der Waals surface area contributed by atoms with Gasteiger partial charge in [-0.25, -0.2) is 0 Å². The molecule has 0 aliphatic rings. The van der Waals surface area contributed by atoms with Gasteiger partial charge >= 0.3 is 0 Å². The molecular formula is C33H60O6Zr. The van der Waals surface area contributed by atoms with E-state index in [4.69, 9.17) is 0 Å². The Bertz CT molecular complexity index is 693. The minimum absolute atomic E-state index is 0. The Morgan fingerprint density at radius 2 is 0.350 bits per heavy atom. The van der Waals surface area contributed by atoms with Crippen LogP contribution in [0, 0.1) is 32.5 Å². The molecule has 0 aromatic rings. The summed E-state index contributed by atoms with van der Waals surface area (Å²) in [5.74, 6) is 0.125. The molecule has 40 heavy (non-hydrogen) atoms. The molecule has 0 aromatic carbocycles. The number of hydrogen-bond acceptors (Lipinski definition) is 6. The van der Waals surface area contributed by atoms with Crippen LogP contribution in [0.3, 0.4) is 0 Å². The molecule has 0 amide bonds. The van der Waals surface area contributed by atoms with Crippen LogP contribution in [0.4, 0.5) is 0 Å². The van der Waals surface area contributed by atoms with E-state index < -0.39 is 32.5 Å². The Morgan fingerprint density at radius 1 is 0.275 bits per heavy atom. The smallest absolute Gasteiger partial charge is 0.145 e. The van der Waals surface area contributed by atoms with Gasteiger partial charge in [-0.1, -0.05) is 125 Å². The van der Waals surface area contributed by atoms with Gasteiger partial charge in [-0.15, -0.1) is 0 Å². The summed E-state index contributed by atoms with van der Waals surface area (Å²) in [4.78, 5) is 69.0. The summed E-state index contributed by atoms with van der Waals surface area (Å²) >= 11 is 0. The third-order valence-corrected chi connectivity index (χ3v) is 5.98. The fourth-order valence-corrected chi connectivity index (χ4v) is 2.03. The van der Waals surface area contributed by atoms with Crippen LogP contribution < -0.4 is 0 Å². The second-order valence-electron chi connectivity index (χ2n) is 16.6. The maximum atomic E-state index is 11.5. The van der Waals surface area contributed by atoms with Gasteiger partial charge in [-0.2, -0.15) is 0 Å². The zero-order valence-corrected chi connectivity index (χ0v) is 31.5. The second kappa shape index (κ2) is 16.5. The van der Waals surface area contributed by atoms with Crippen molar-refractivity contribution in [2.24, 2.45) is 32.5 Å². The van der Waals surface area contributed by atoms with E-state index in [0.29, 0.717) is 0 Å². The van der Waals surface area contributed by atoms with E-state index in [2.05, 4.69) is 0 Å². The summed E-state index contributed by atoms with van der Waals surface area (Å²) < 4.78 is 0. The number of carbonyl (C=O) groups excluding carboxylic acids is 6. The van der Waals surface area contributed by atoms with Crippen molar-refractivity contribution in [1.82, 2.24) is 0 Å². The summed E-state index contributed by atoms with van der Waals surface area (Å²) in [6.45, 7) is 33.1. The maximum absolute atomic E-state index is 11.5. The van der Waals surface area contributed by atoms with Crippen molar-refractivity contribution in [3.63, 3.8) is 0 Å². The van der Waals surface area contributed by atoms with Crippen LogP contribution in [0.1, 0.15) is 144 Å². The minimum atomic E-state index is -0.402. The molecule has 7 heteroatoms. The van der Waals surface area contributed by atoms with Crippen molar-refractivity contribution < 1.29 is 55.0 Å². The minimum Gasteiger partial charge on any atom is -0.299 e. The van der Waals surface area contributed by atoms with Gasteiger partial charge in [0.2, 0.25) is 0 Å². The first kappa shape index (κ1) is 45.9. The first-order chi connectivity index (χ1) is 16.6. The van der Waals surface area contributed by atoms with E-state index in [1.165, 1.54) is 0 Å². The van der Waals surface area contributed by atoms with Crippen LogP contribution in [0.5, 0.6) is 0 Å². The molecule has 0 atom stereocenters. The van der Waals surface area contributed by atoms with Gasteiger partial charge < -0.3 is 0 Å². The van der Waals surface area contributed by atoms with Crippen molar-refractivity contribution in [2.45, 2.75) is 144 Å². The van der Waals surface area contributed by atoms with E-state index in [1.54, 1.807) is 0 Å². The van der Waals surface area contributed by atoms with Crippen molar-refractivity contribution >= 4 is 34.7 Å². The van der Waals surface area contributed by atoms with Crippen LogP contribution in [-0.4, -0.2) is 34.7 Å². The molecule has 0 radical (unpaired) electrons. The van der Waals surface area contributed by atoms with E-state index in [0.717, 1.165) is 0 Å². The quantitative estimate of drug-likeness (QED) is 0.274. The predicted octanol–water partition coefficient (Wildman–Crippen LogP) is 7.82. The Labute approximate surface area is 265 Å². The van der Waals surface area contributed by atoms with Gasteiger partial charge in [0.25, 0.3) is 0 Å². The summed E-state index contributed by atoms with van der Waals surface area (Å²) in [7, 11) is 0. The van der Waals surface area contributed by atoms with Crippen LogP contribution in [0.25, 0.3) is 0 Å². The number of Topliss-reactive ketones (excluding diaryl/α,β-unsaturated/α-hetero) is 6. The van der Waals surface area contributed by atoms with Gasteiger partial charge in [-0.05, 0) is 0 Å². The zero-order chi connectivity index (χ0) is 32.6. The van der Waals surface area contributed by atoms with E-state index >= 15 is 0 Å². The standard InChI is InChI=1S/3C11H20O2.Zr/c3*1-10(2,3)8(12)7-9(13)11(4,5)6;/h3*7H2,1-6H3;. The molecule has 0 heterocycles. The van der Waals surface area contributed by atoms with Crippen molar-refractivity contribution in [3.05, 3.63) is 0 Å². The summed E-state index contributed by atoms with van der Waals surface area (Å²) in [5, 5.41) is 0. The Morgan fingerprint density at radius 3 is 0.400 bits per heavy atom. The van der Waals surface area contributed by atoms with Gasteiger partial charge in [0.1, 0.15) is 34.7 Å². The first-order valence-electron chi connectivity index (χ1n) is 13.8. The molecule has 232 valence electrons. The SMILES string of the molecule is CC(C)(C)C(=O)CC(=O)C(C)(C)C.CC(C)(C)C(=O)CC(=O)C(C)(C)C.CC(C)(C)C(=O)CC(=O)C(C)(C)C.[Zr]. The van der Waals surface area contributed by atoms with Crippen molar-refractivity contribution in [2.75, 3.05) is 0 Å². The first-order valence-corrected chi connectivity index (χ1v) is 13.8. The number of ketones is 6. The average molecular weight is 644 g/mol. The molecule has 0 bridgehead atoms. The molecule has 0 aromatic heterocycles. The summed E-state index contributed by atoms with van der Waals surface area (Å²) in [5.41, 5.74) is -2.41. The monoisotopic (exact) mass is 642 g/mol. The topological polar surface area (TPSA) is 102 Å². The zero-order valence-electron chi connectivity index (χ0n) is 29.1. The second-order valence-corrected chi connectivity index (χ2v) is 16.6. The van der Waals surface area contributed by atoms with Gasteiger partial charge in [0.15, 0.2) is 0 Å². The normalized spacial score (nSPS) is 12.4. The molecule has 6 nitrogen and oxygen atoms in total. The molecule has 0 aliphatic heterocycles. The predicted molar refractivity (Wildman–Crippen MR) is 161 cm³/mol. The molecule has 0 unspecified atom stereocenters. The third-order valence-electron chi connectivity index (χ3n) is 5.98. The molecule has 0 fully saturated rings. The van der Waals surface area contributed by atoms with Gasteiger partial charge in [0, 0.05) is 58.7 Å². The molecule has 0 spiro atoms. The number of hydrogen-bond donors (Lipinski definition) is 0. The molecule has 0 saturated heterocycles. The molecule has 0 aliphatic carbocycles.